The summed E-state index contributed by atoms with van der Waals surface area (Å²) in [5, 5.41) is 11.3. The molecule has 0 aromatic heterocycles. The number of non-ortho nitro benzene ring substituents is 1. The fourth-order valence-electron chi connectivity index (χ4n) is 2.95. The summed E-state index contributed by atoms with van der Waals surface area (Å²) in [6, 6.07) is 3.58. The predicted molar refractivity (Wildman–Crippen MR) is 77.7 cm³/mol. The molecule has 1 aromatic rings. The Morgan fingerprint density at radius 2 is 2.38 bits per heavy atom. The van der Waals surface area contributed by atoms with Gasteiger partial charge in [-0.15, -0.1) is 0 Å². The van der Waals surface area contributed by atoms with Gasteiger partial charge in [0.15, 0.2) is 5.17 Å². The molecular weight excluding hydrogens is 297 g/mol. The minimum Gasteiger partial charge on any atom is -0.379 e. The number of fused-ring (bicyclic) bond motifs is 1. The van der Waals surface area contributed by atoms with Crippen molar-refractivity contribution in [1.29, 1.82) is 0 Å². The Morgan fingerprint density at radius 1 is 1.62 bits per heavy atom. The van der Waals surface area contributed by atoms with Crippen molar-refractivity contribution in [1.82, 2.24) is 0 Å². The van der Waals surface area contributed by atoms with Crippen molar-refractivity contribution in [2.24, 2.45) is 16.6 Å². The number of nitrogens with two attached hydrogens (primary N) is 1. The number of benzene rings is 1. The first-order chi connectivity index (χ1) is 9.94. The average molecular weight is 311 g/mol. The lowest BCUT2D eigenvalue weighted by Crippen LogP contribution is -2.41. The maximum absolute atomic E-state index is 14.3. The van der Waals surface area contributed by atoms with E-state index < -0.39 is 15.5 Å². The van der Waals surface area contributed by atoms with Crippen LogP contribution >= 0.6 is 11.8 Å². The van der Waals surface area contributed by atoms with Crippen molar-refractivity contribution in [2.75, 3.05) is 13.2 Å². The summed E-state index contributed by atoms with van der Waals surface area (Å²) in [6.07, 6.45) is -0.104. The molecule has 0 radical (unpaired) electrons. The fourth-order valence-corrected chi connectivity index (χ4v) is 4.27. The van der Waals surface area contributed by atoms with Crippen LogP contribution in [-0.2, 0) is 9.48 Å². The Hall–Kier alpha value is -1.67. The van der Waals surface area contributed by atoms with Crippen LogP contribution in [0, 0.1) is 21.8 Å². The minimum absolute atomic E-state index is 0.0636. The molecule has 0 aliphatic carbocycles. The minimum atomic E-state index is -0.749. The number of nitrogens with zero attached hydrogens (tertiary/aromatic N) is 2. The fraction of sp³-hybridized carbons (Fsp3) is 0.462. The molecule has 6 nitrogen and oxygen atoms in total. The van der Waals surface area contributed by atoms with E-state index >= 15 is 0 Å². The van der Waals surface area contributed by atoms with E-state index in [0.717, 1.165) is 12.1 Å². The highest BCUT2D eigenvalue weighted by molar-refractivity contribution is 8.14. The largest absolute Gasteiger partial charge is 0.379 e. The van der Waals surface area contributed by atoms with Gasteiger partial charge in [0, 0.05) is 30.2 Å². The number of nitro benzene ring substituents is 1. The number of rotatable bonds is 2. The standard InChI is InChI=1S/C13H14FN3O3S/c1-7-10-5-16-12(15)21-13(10,6-20-7)9-4-8(17(18)19)2-3-11(9)14/h2-4,7,10H,5-6H2,1H3,(H2,15,16)/t7-,10+,13-/m1/s1. The molecule has 1 saturated heterocycles. The topological polar surface area (TPSA) is 90.8 Å². The summed E-state index contributed by atoms with van der Waals surface area (Å²) in [5.74, 6) is -0.545. The molecule has 2 N–H and O–H groups in total. The molecule has 0 amide bonds. The third-order valence-electron chi connectivity index (χ3n) is 4.07. The van der Waals surface area contributed by atoms with Crippen LogP contribution in [0.1, 0.15) is 12.5 Å². The summed E-state index contributed by atoms with van der Waals surface area (Å²) < 4.78 is 19.3. The second kappa shape index (κ2) is 4.96. The second-order valence-electron chi connectivity index (χ2n) is 5.21. The molecule has 3 atom stereocenters. The second-order valence-corrected chi connectivity index (χ2v) is 6.57. The Bertz CT molecular complexity index is 639. The van der Waals surface area contributed by atoms with Gasteiger partial charge in [-0.25, -0.2) is 4.39 Å². The molecule has 0 bridgehead atoms. The van der Waals surface area contributed by atoms with Gasteiger partial charge in [-0.1, -0.05) is 11.8 Å². The van der Waals surface area contributed by atoms with Gasteiger partial charge in [0.05, 0.1) is 22.4 Å². The summed E-state index contributed by atoms with van der Waals surface area (Å²) in [5.41, 5.74) is 5.94. The third-order valence-corrected chi connectivity index (χ3v) is 5.42. The van der Waals surface area contributed by atoms with Crippen molar-refractivity contribution in [3.63, 3.8) is 0 Å². The number of hydrogen-bond acceptors (Lipinski definition) is 6. The van der Waals surface area contributed by atoms with Gasteiger partial charge in [-0.2, -0.15) is 0 Å². The highest BCUT2D eigenvalue weighted by Gasteiger charge is 2.53. The zero-order valence-corrected chi connectivity index (χ0v) is 12.1. The zero-order valence-electron chi connectivity index (χ0n) is 11.3. The third kappa shape index (κ3) is 2.18. The maximum atomic E-state index is 14.3. The van der Waals surface area contributed by atoms with E-state index in [-0.39, 0.29) is 29.9 Å². The molecule has 3 rings (SSSR count). The quantitative estimate of drug-likeness (QED) is 0.666. The van der Waals surface area contributed by atoms with Gasteiger partial charge in [0.25, 0.3) is 5.69 Å². The Labute approximate surface area is 124 Å². The van der Waals surface area contributed by atoms with Gasteiger partial charge < -0.3 is 10.5 Å². The number of ether oxygens (including phenoxy) is 1. The Balaban J connectivity index is 2.14. The molecule has 0 unspecified atom stereocenters. The molecule has 0 saturated carbocycles. The van der Waals surface area contributed by atoms with E-state index in [4.69, 9.17) is 10.5 Å². The summed E-state index contributed by atoms with van der Waals surface area (Å²) in [7, 11) is 0. The number of hydrogen-bond donors (Lipinski definition) is 1. The average Bonchev–Trinajstić information content (AvgIpc) is 2.76. The van der Waals surface area contributed by atoms with Crippen molar-refractivity contribution in [3.05, 3.63) is 39.7 Å². The Kier molecular flexibility index (Phi) is 3.37. The van der Waals surface area contributed by atoms with Gasteiger partial charge in [0.1, 0.15) is 5.82 Å². The van der Waals surface area contributed by atoms with Crippen molar-refractivity contribution in [3.8, 4) is 0 Å². The molecule has 2 aliphatic rings. The van der Waals surface area contributed by atoms with Crippen molar-refractivity contribution in [2.45, 2.75) is 17.8 Å². The smallest absolute Gasteiger partial charge is 0.269 e. The molecule has 1 aromatic carbocycles. The van der Waals surface area contributed by atoms with Gasteiger partial charge >= 0.3 is 0 Å². The first-order valence-electron chi connectivity index (χ1n) is 6.49. The molecule has 1 fully saturated rings. The highest BCUT2D eigenvalue weighted by Crippen LogP contribution is 2.53. The number of nitro groups is 1. The van der Waals surface area contributed by atoms with E-state index in [1.165, 1.54) is 17.8 Å². The summed E-state index contributed by atoms with van der Waals surface area (Å²) in [6.45, 7) is 2.60. The van der Waals surface area contributed by atoms with Crippen LogP contribution in [0.4, 0.5) is 10.1 Å². The maximum Gasteiger partial charge on any atom is 0.269 e. The van der Waals surface area contributed by atoms with Crippen LogP contribution < -0.4 is 5.73 Å². The van der Waals surface area contributed by atoms with E-state index in [1.807, 2.05) is 6.92 Å². The van der Waals surface area contributed by atoms with Crippen LogP contribution in [0.25, 0.3) is 0 Å². The van der Waals surface area contributed by atoms with Gasteiger partial charge in [0.2, 0.25) is 0 Å². The monoisotopic (exact) mass is 311 g/mol. The molecule has 2 aliphatic heterocycles. The number of amidine groups is 1. The van der Waals surface area contributed by atoms with Crippen LogP contribution in [0.5, 0.6) is 0 Å². The number of aliphatic imine (C=N–C) groups is 1. The lowest BCUT2D eigenvalue weighted by Gasteiger charge is -2.36. The van der Waals surface area contributed by atoms with E-state index in [2.05, 4.69) is 4.99 Å². The van der Waals surface area contributed by atoms with Crippen molar-refractivity contribution >= 4 is 22.6 Å². The first kappa shape index (κ1) is 14.3. The van der Waals surface area contributed by atoms with Crippen LogP contribution in [0.3, 0.4) is 0 Å². The van der Waals surface area contributed by atoms with Crippen molar-refractivity contribution < 1.29 is 14.1 Å². The molecule has 8 heteroatoms. The molecule has 21 heavy (non-hydrogen) atoms. The summed E-state index contributed by atoms with van der Waals surface area (Å²) >= 11 is 1.24. The molecule has 2 heterocycles. The Morgan fingerprint density at radius 3 is 3.10 bits per heavy atom. The number of thioether (sulfide) groups is 1. The number of halogens is 1. The normalized spacial score (nSPS) is 31.6. The van der Waals surface area contributed by atoms with Gasteiger partial charge in [-0.05, 0) is 13.0 Å². The van der Waals surface area contributed by atoms with E-state index in [9.17, 15) is 14.5 Å². The molecular formula is C13H14FN3O3S. The molecule has 0 spiro atoms. The predicted octanol–water partition coefficient (Wildman–Crippen LogP) is 2.03. The van der Waals surface area contributed by atoms with Crippen LogP contribution in [-0.4, -0.2) is 29.3 Å². The molecule has 112 valence electrons. The van der Waals surface area contributed by atoms with Gasteiger partial charge in [-0.3, -0.25) is 15.1 Å². The van der Waals surface area contributed by atoms with Crippen LogP contribution in [0.15, 0.2) is 23.2 Å². The summed E-state index contributed by atoms with van der Waals surface area (Å²) in [4.78, 5) is 14.6. The van der Waals surface area contributed by atoms with E-state index in [0.29, 0.717) is 11.7 Å². The lowest BCUT2D eigenvalue weighted by molar-refractivity contribution is -0.385. The highest BCUT2D eigenvalue weighted by atomic mass is 32.2. The van der Waals surface area contributed by atoms with E-state index in [1.54, 1.807) is 0 Å². The first-order valence-corrected chi connectivity index (χ1v) is 7.30. The zero-order chi connectivity index (χ0) is 15.2. The SMILES string of the molecule is C[C@H]1OC[C@]2(c3cc([N+](=O)[O-])ccc3F)SC(N)=NC[C@@H]12. The lowest BCUT2D eigenvalue weighted by atomic mass is 9.84. The van der Waals surface area contributed by atoms with Crippen LogP contribution in [0.2, 0.25) is 0 Å².